The van der Waals surface area contributed by atoms with Crippen molar-refractivity contribution >= 4 is 27.0 Å². The maximum absolute atomic E-state index is 11.3. The number of sulfone groups is 1. The molecular weight excluding hydrogens is 234 g/mol. The summed E-state index contributed by atoms with van der Waals surface area (Å²) in [7, 11) is -3.15. The van der Waals surface area contributed by atoms with E-state index >= 15 is 0 Å². The molecule has 6 heteroatoms. The first-order valence-corrected chi connectivity index (χ1v) is 7.17. The van der Waals surface area contributed by atoms with Crippen LogP contribution in [0.3, 0.4) is 0 Å². The molecule has 1 atom stereocenters. The molecule has 1 rings (SSSR count). The normalized spacial score (nSPS) is 13.9. The molecule has 0 aromatic carbocycles. The first-order chi connectivity index (χ1) is 6.73. The zero-order chi connectivity index (χ0) is 11.8. The molecule has 0 N–H and O–H groups in total. The van der Waals surface area contributed by atoms with Crippen molar-refractivity contribution in [2.45, 2.75) is 26.0 Å². The summed E-state index contributed by atoms with van der Waals surface area (Å²) in [4.78, 5) is 15.8. The van der Waals surface area contributed by atoms with Crippen LogP contribution in [-0.2, 0) is 9.84 Å². The van der Waals surface area contributed by atoms with E-state index in [2.05, 4.69) is 4.98 Å². The fourth-order valence-electron chi connectivity index (χ4n) is 1.10. The van der Waals surface area contributed by atoms with Crippen LogP contribution in [0.15, 0.2) is 0 Å². The third-order valence-electron chi connectivity index (χ3n) is 2.12. The van der Waals surface area contributed by atoms with Gasteiger partial charge in [0.05, 0.1) is 10.6 Å². The van der Waals surface area contributed by atoms with Gasteiger partial charge in [0.25, 0.3) is 0 Å². The van der Waals surface area contributed by atoms with Gasteiger partial charge in [0.2, 0.25) is 0 Å². The third kappa shape index (κ3) is 2.63. The molecule has 1 aromatic rings. The number of hydrogen-bond donors (Lipinski definition) is 0. The third-order valence-corrected chi connectivity index (χ3v) is 5.22. The number of rotatable bonds is 3. The standard InChI is InChI=1S/C9H13NO3S2/c1-5-8(6(2)11)14-9(10-5)7(3)15(4,12)13/h7H,1-4H3. The Morgan fingerprint density at radius 3 is 2.33 bits per heavy atom. The van der Waals surface area contributed by atoms with Crippen LogP contribution in [0, 0.1) is 6.92 Å². The molecule has 1 unspecified atom stereocenters. The molecule has 84 valence electrons. The van der Waals surface area contributed by atoms with Crippen LogP contribution >= 0.6 is 11.3 Å². The van der Waals surface area contributed by atoms with Gasteiger partial charge in [-0.1, -0.05) is 0 Å². The highest BCUT2D eigenvalue weighted by atomic mass is 32.2. The van der Waals surface area contributed by atoms with Crippen molar-refractivity contribution in [1.82, 2.24) is 4.98 Å². The average molecular weight is 247 g/mol. The Kier molecular flexibility index (Phi) is 3.30. The number of ketones is 1. The number of carbonyl (C=O) groups excluding carboxylic acids is 1. The van der Waals surface area contributed by atoms with Gasteiger partial charge in [-0.25, -0.2) is 13.4 Å². The molecule has 0 amide bonds. The fraction of sp³-hybridized carbons (Fsp3) is 0.556. The van der Waals surface area contributed by atoms with Gasteiger partial charge in [0.1, 0.15) is 10.3 Å². The predicted molar refractivity (Wildman–Crippen MR) is 60.1 cm³/mol. The molecule has 1 heterocycles. The Morgan fingerprint density at radius 1 is 1.47 bits per heavy atom. The zero-order valence-corrected chi connectivity index (χ0v) is 10.7. The van der Waals surface area contributed by atoms with Crippen LogP contribution in [-0.4, -0.2) is 25.4 Å². The van der Waals surface area contributed by atoms with E-state index in [1.807, 2.05) is 0 Å². The molecule has 0 aliphatic carbocycles. The minimum absolute atomic E-state index is 0.0723. The smallest absolute Gasteiger partial charge is 0.171 e. The Balaban J connectivity index is 3.19. The molecule has 15 heavy (non-hydrogen) atoms. The highest BCUT2D eigenvalue weighted by Crippen LogP contribution is 2.28. The largest absolute Gasteiger partial charge is 0.294 e. The summed E-state index contributed by atoms with van der Waals surface area (Å²) in [6.07, 6.45) is 1.17. The maximum atomic E-state index is 11.3. The summed E-state index contributed by atoms with van der Waals surface area (Å²) in [5.41, 5.74) is 0.609. The van der Waals surface area contributed by atoms with E-state index in [4.69, 9.17) is 0 Å². The first-order valence-electron chi connectivity index (χ1n) is 4.40. The average Bonchev–Trinajstić information content (AvgIpc) is 2.44. The van der Waals surface area contributed by atoms with Crippen molar-refractivity contribution in [1.29, 1.82) is 0 Å². The van der Waals surface area contributed by atoms with E-state index in [1.54, 1.807) is 13.8 Å². The lowest BCUT2D eigenvalue weighted by Crippen LogP contribution is -2.07. The van der Waals surface area contributed by atoms with E-state index in [1.165, 1.54) is 13.2 Å². The van der Waals surface area contributed by atoms with Crippen molar-refractivity contribution in [2.24, 2.45) is 0 Å². The van der Waals surface area contributed by atoms with Crippen molar-refractivity contribution in [3.05, 3.63) is 15.6 Å². The van der Waals surface area contributed by atoms with Gasteiger partial charge in [-0.2, -0.15) is 0 Å². The van der Waals surface area contributed by atoms with Crippen LogP contribution < -0.4 is 0 Å². The molecule has 1 aromatic heterocycles. The maximum Gasteiger partial charge on any atom is 0.171 e. The summed E-state index contributed by atoms with van der Waals surface area (Å²) < 4.78 is 22.6. The first kappa shape index (κ1) is 12.3. The predicted octanol–water partition coefficient (Wildman–Crippen LogP) is 1.76. The highest BCUT2D eigenvalue weighted by Gasteiger charge is 2.23. The van der Waals surface area contributed by atoms with Crippen LogP contribution in [0.1, 0.15) is 39.5 Å². The second kappa shape index (κ2) is 4.02. The lowest BCUT2D eigenvalue weighted by Gasteiger charge is -2.03. The lowest BCUT2D eigenvalue weighted by atomic mass is 10.3. The van der Waals surface area contributed by atoms with Gasteiger partial charge in [-0.15, -0.1) is 11.3 Å². The quantitative estimate of drug-likeness (QED) is 0.763. The Morgan fingerprint density at radius 2 is 2.00 bits per heavy atom. The van der Waals surface area contributed by atoms with Gasteiger partial charge in [-0.3, -0.25) is 4.79 Å². The topological polar surface area (TPSA) is 64.1 Å². The van der Waals surface area contributed by atoms with Gasteiger partial charge < -0.3 is 0 Å². The molecule has 0 spiro atoms. The Labute approximate surface area is 93.3 Å². The van der Waals surface area contributed by atoms with E-state index in [9.17, 15) is 13.2 Å². The monoisotopic (exact) mass is 247 g/mol. The van der Waals surface area contributed by atoms with Crippen molar-refractivity contribution in [2.75, 3.05) is 6.26 Å². The molecule has 0 aliphatic heterocycles. The molecule has 0 saturated heterocycles. The second-order valence-electron chi connectivity index (χ2n) is 3.49. The number of aromatic nitrogens is 1. The van der Waals surface area contributed by atoms with Crippen LogP contribution in [0.2, 0.25) is 0 Å². The molecule has 0 bridgehead atoms. The van der Waals surface area contributed by atoms with Gasteiger partial charge in [-0.05, 0) is 13.8 Å². The number of nitrogens with zero attached hydrogens (tertiary/aromatic N) is 1. The van der Waals surface area contributed by atoms with Gasteiger partial charge in [0.15, 0.2) is 15.6 Å². The van der Waals surface area contributed by atoms with E-state index in [0.29, 0.717) is 15.6 Å². The number of hydrogen-bond acceptors (Lipinski definition) is 5. The van der Waals surface area contributed by atoms with E-state index < -0.39 is 15.1 Å². The van der Waals surface area contributed by atoms with Crippen molar-refractivity contribution in [3.8, 4) is 0 Å². The number of Topliss-reactive ketones (excluding diaryl/α,β-unsaturated/α-hetero) is 1. The molecular formula is C9H13NO3S2. The molecule has 0 aliphatic rings. The summed E-state index contributed by atoms with van der Waals surface area (Å²) in [6.45, 7) is 4.75. The zero-order valence-electron chi connectivity index (χ0n) is 9.07. The summed E-state index contributed by atoms with van der Waals surface area (Å²) in [5.74, 6) is -0.0723. The molecule has 0 radical (unpaired) electrons. The molecule has 0 saturated carbocycles. The Hall–Kier alpha value is -0.750. The highest BCUT2D eigenvalue weighted by molar-refractivity contribution is 7.91. The van der Waals surface area contributed by atoms with Crippen LogP contribution in [0.4, 0.5) is 0 Å². The number of carbonyl (C=O) groups is 1. The van der Waals surface area contributed by atoms with Gasteiger partial charge >= 0.3 is 0 Å². The van der Waals surface area contributed by atoms with Gasteiger partial charge in [0, 0.05) is 13.2 Å². The minimum Gasteiger partial charge on any atom is -0.294 e. The van der Waals surface area contributed by atoms with Crippen molar-refractivity contribution in [3.63, 3.8) is 0 Å². The van der Waals surface area contributed by atoms with Crippen LogP contribution in [0.5, 0.6) is 0 Å². The SMILES string of the molecule is CC(=O)c1sc(C(C)S(C)(=O)=O)nc1C. The Bertz CT molecular complexity index is 487. The van der Waals surface area contributed by atoms with E-state index in [-0.39, 0.29) is 5.78 Å². The second-order valence-corrected chi connectivity index (χ2v) is 6.89. The molecule has 0 fully saturated rings. The lowest BCUT2D eigenvalue weighted by molar-refractivity contribution is 0.102. The summed E-state index contributed by atoms with van der Waals surface area (Å²) in [6, 6.07) is 0. The summed E-state index contributed by atoms with van der Waals surface area (Å²) >= 11 is 1.16. The minimum atomic E-state index is -3.15. The fourth-order valence-corrected chi connectivity index (χ4v) is 3.08. The molecule has 4 nitrogen and oxygen atoms in total. The summed E-state index contributed by atoms with van der Waals surface area (Å²) in [5, 5.41) is -0.158. The van der Waals surface area contributed by atoms with E-state index in [0.717, 1.165) is 11.3 Å². The van der Waals surface area contributed by atoms with Crippen molar-refractivity contribution < 1.29 is 13.2 Å². The number of thiazole rings is 1. The number of aryl methyl sites for hydroxylation is 1. The van der Waals surface area contributed by atoms with Crippen LogP contribution in [0.25, 0.3) is 0 Å².